The van der Waals surface area contributed by atoms with Gasteiger partial charge in [-0.3, -0.25) is 9.20 Å². The van der Waals surface area contributed by atoms with Crippen molar-refractivity contribution in [1.29, 1.82) is 0 Å². The molecule has 0 aliphatic heterocycles. The Hall–Kier alpha value is -1.92. The van der Waals surface area contributed by atoms with Crippen LogP contribution < -0.4 is 5.32 Å². The Kier molecular flexibility index (Phi) is 3.18. The number of benzene rings is 1. The molecule has 0 unspecified atom stereocenters. The molecule has 1 aromatic carbocycles. The number of aromatic nitrogens is 2. The Labute approximate surface area is 113 Å². The van der Waals surface area contributed by atoms with Crippen molar-refractivity contribution in [3.63, 3.8) is 0 Å². The number of aliphatic hydroxyl groups is 1. The molecule has 0 aliphatic carbocycles. The molecule has 98 valence electrons. The first-order valence-electron chi connectivity index (χ1n) is 6.00. The monoisotopic (exact) mass is 275 g/mol. The predicted molar refractivity (Wildman–Crippen MR) is 74.4 cm³/mol. The molecule has 0 bridgehead atoms. The molecule has 1 amide bonds. The fourth-order valence-electron chi connectivity index (χ4n) is 2.08. The molecule has 3 aromatic rings. The molecule has 2 aromatic heterocycles. The van der Waals surface area contributed by atoms with E-state index < -0.39 is 0 Å². The van der Waals surface area contributed by atoms with Gasteiger partial charge in [0.15, 0.2) is 4.96 Å². The molecule has 0 radical (unpaired) electrons. The van der Waals surface area contributed by atoms with E-state index in [1.54, 1.807) is 0 Å². The van der Waals surface area contributed by atoms with Crippen molar-refractivity contribution in [3.8, 4) is 0 Å². The van der Waals surface area contributed by atoms with Crippen LogP contribution in [0.2, 0.25) is 0 Å². The van der Waals surface area contributed by atoms with Crippen molar-refractivity contribution in [2.45, 2.75) is 6.42 Å². The van der Waals surface area contributed by atoms with Crippen LogP contribution in [0.3, 0.4) is 0 Å². The van der Waals surface area contributed by atoms with Gasteiger partial charge in [0.2, 0.25) is 5.91 Å². The summed E-state index contributed by atoms with van der Waals surface area (Å²) < 4.78 is 2.01. The third-order valence-corrected chi connectivity index (χ3v) is 3.77. The first kappa shape index (κ1) is 12.1. The standard InChI is InChI=1S/C13H13N3O2S/c17-6-5-14-12(18)7-9-8-19-13-15-10-3-1-2-4-11(10)16(9)13/h1-4,8,17H,5-7H2,(H,14,18). The summed E-state index contributed by atoms with van der Waals surface area (Å²) in [5.74, 6) is -0.0912. The number of fused-ring (bicyclic) bond motifs is 3. The Morgan fingerprint density at radius 2 is 2.26 bits per heavy atom. The van der Waals surface area contributed by atoms with Crippen LogP contribution in [0.4, 0.5) is 0 Å². The maximum Gasteiger partial charge on any atom is 0.226 e. The van der Waals surface area contributed by atoms with E-state index >= 15 is 0 Å². The molecular weight excluding hydrogens is 262 g/mol. The van der Waals surface area contributed by atoms with E-state index in [0.29, 0.717) is 6.42 Å². The van der Waals surface area contributed by atoms with E-state index in [9.17, 15) is 4.79 Å². The topological polar surface area (TPSA) is 66.6 Å². The summed E-state index contributed by atoms with van der Waals surface area (Å²) in [5.41, 5.74) is 2.87. The van der Waals surface area contributed by atoms with Crippen molar-refractivity contribution in [1.82, 2.24) is 14.7 Å². The molecule has 2 heterocycles. The fourth-order valence-corrected chi connectivity index (χ4v) is 2.98. The van der Waals surface area contributed by atoms with Gasteiger partial charge in [0.1, 0.15) is 0 Å². The number of nitrogens with zero attached hydrogens (tertiary/aromatic N) is 2. The zero-order valence-corrected chi connectivity index (χ0v) is 11.0. The summed E-state index contributed by atoms with van der Waals surface area (Å²) >= 11 is 1.53. The summed E-state index contributed by atoms with van der Waals surface area (Å²) in [5, 5.41) is 13.3. The quantitative estimate of drug-likeness (QED) is 0.752. The van der Waals surface area contributed by atoms with Gasteiger partial charge in [-0.2, -0.15) is 0 Å². The molecule has 0 aliphatic rings. The van der Waals surface area contributed by atoms with Gasteiger partial charge in [-0.05, 0) is 12.1 Å². The first-order valence-corrected chi connectivity index (χ1v) is 6.88. The molecule has 0 atom stereocenters. The first-order chi connectivity index (χ1) is 9.29. The van der Waals surface area contributed by atoms with Gasteiger partial charge in [-0.25, -0.2) is 4.98 Å². The zero-order chi connectivity index (χ0) is 13.2. The van der Waals surface area contributed by atoms with Crippen LogP contribution in [0.25, 0.3) is 16.0 Å². The highest BCUT2D eigenvalue weighted by Gasteiger charge is 2.12. The molecule has 0 spiro atoms. The lowest BCUT2D eigenvalue weighted by molar-refractivity contribution is -0.120. The number of aliphatic hydroxyl groups excluding tert-OH is 1. The number of hydrogen-bond donors (Lipinski definition) is 2. The van der Waals surface area contributed by atoms with E-state index in [-0.39, 0.29) is 19.1 Å². The van der Waals surface area contributed by atoms with E-state index in [1.165, 1.54) is 11.3 Å². The van der Waals surface area contributed by atoms with Gasteiger partial charge >= 0.3 is 0 Å². The highest BCUT2D eigenvalue weighted by Crippen LogP contribution is 2.23. The lowest BCUT2D eigenvalue weighted by atomic mass is 10.3. The number of nitrogens with one attached hydrogen (secondary N) is 1. The summed E-state index contributed by atoms with van der Waals surface area (Å²) in [6, 6.07) is 7.87. The van der Waals surface area contributed by atoms with Gasteiger partial charge in [0.05, 0.1) is 24.1 Å². The van der Waals surface area contributed by atoms with Crippen molar-refractivity contribution >= 4 is 33.2 Å². The van der Waals surface area contributed by atoms with E-state index in [0.717, 1.165) is 21.7 Å². The Morgan fingerprint density at radius 1 is 1.42 bits per heavy atom. The minimum atomic E-state index is -0.0912. The van der Waals surface area contributed by atoms with Gasteiger partial charge in [0.25, 0.3) is 0 Å². The highest BCUT2D eigenvalue weighted by atomic mass is 32.1. The van der Waals surface area contributed by atoms with Crippen molar-refractivity contribution in [2.24, 2.45) is 0 Å². The molecule has 6 heteroatoms. The number of thiazole rings is 1. The molecule has 3 rings (SSSR count). The second-order valence-corrected chi connectivity index (χ2v) is 5.03. The molecule has 0 fully saturated rings. The van der Waals surface area contributed by atoms with E-state index in [4.69, 9.17) is 5.11 Å². The van der Waals surface area contributed by atoms with Crippen LogP contribution in [0, 0.1) is 0 Å². The molecule has 0 saturated heterocycles. The third kappa shape index (κ3) is 2.20. The minimum absolute atomic E-state index is 0.0429. The largest absolute Gasteiger partial charge is 0.395 e. The number of carbonyl (C=O) groups excluding carboxylic acids is 1. The van der Waals surface area contributed by atoms with Gasteiger partial charge in [-0.1, -0.05) is 12.1 Å². The summed E-state index contributed by atoms with van der Waals surface area (Å²) in [6.07, 6.45) is 0.292. The van der Waals surface area contributed by atoms with Crippen LogP contribution >= 0.6 is 11.3 Å². The molecule has 0 saturated carbocycles. The van der Waals surface area contributed by atoms with E-state index in [2.05, 4.69) is 10.3 Å². The van der Waals surface area contributed by atoms with Crippen molar-refractivity contribution < 1.29 is 9.90 Å². The average molecular weight is 275 g/mol. The Bertz CT molecular complexity index is 732. The predicted octanol–water partition coefficient (Wildman–Crippen LogP) is 1.20. The minimum Gasteiger partial charge on any atom is -0.395 e. The molecular formula is C13H13N3O2S. The van der Waals surface area contributed by atoms with Crippen LogP contribution in [-0.2, 0) is 11.2 Å². The van der Waals surface area contributed by atoms with Crippen LogP contribution in [0.1, 0.15) is 5.69 Å². The fraction of sp³-hybridized carbons (Fsp3) is 0.231. The lowest BCUT2D eigenvalue weighted by Crippen LogP contribution is -2.28. The third-order valence-electron chi connectivity index (χ3n) is 2.89. The lowest BCUT2D eigenvalue weighted by Gasteiger charge is -2.02. The summed E-state index contributed by atoms with van der Waals surface area (Å²) in [4.78, 5) is 17.1. The Balaban J connectivity index is 1.97. The maximum absolute atomic E-state index is 11.7. The van der Waals surface area contributed by atoms with E-state index in [1.807, 2.05) is 34.0 Å². The number of hydrogen-bond acceptors (Lipinski definition) is 4. The number of amides is 1. The zero-order valence-electron chi connectivity index (χ0n) is 10.2. The van der Waals surface area contributed by atoms with Gasteiger partial charge < -0.3 is 10.4 Å². The number of rotatable bonds is 4. The van der Waals surface area contributed by atoms with Gasteiger partial charge in [-0.15, -0.1) is 11.3 Å². The highest BCUT2D eigenvalue weighted by molar-refractivity contribution is 7.15. The van der Waals surface area contributed by atoms with Crippen LogP contribution in [-0.4, -0.2) is 33.6 Å². The summed E-state index contributed by atoms with van der Waals surface area (Å²) in [6.45, 7) is 0.246. The second kappa shape index (κ2) is 4.99. The molecule has 19 heavy (non-hydrogen) atoms. The van der Waals surface area contributed by atoms with Crippen LogP contribution in [0.15, 0.2) is 29.6 Å². The van der Waals surface area contributed by atoms with Gasteiger partial charge in [0, 0.05) is 17.6 Å². The number of para-hydroxylation sites is 2. The maximum atomic E-state index is 11.7. The normalized spacial score (nSPS) is 11.2. The molecule has 5 nitrogen and oxygen atoms in total. The molecule has 2 N–H and O–H groups in total. The number of imidazole rings is 1. The summed E-state index contributed by atoms with van der Waals surface area (Å²) in [7, 11) is 0. The van der Waals surface area contributed by atoms with Crippen molar-refractivity contribution in [2.75, 3.05) is 13.2 Å². The number of carbonyl (C=O) groups is 1. The SMILES string of the molecule is O=C(Cc1csc2nc3ccccc3n12)NCCO. The average Bonchev–Trinajstić information content (AvgIpc) is 2.96. The Morgan fingerprint density at radius 3 is 3.11 bits per heavy atom. The van der Waals surface area contributed by atoms with Crippen molar-refractivity contribution in [3.05, 3.63) is 35.3 Å². The second-order valence-electron chi connectivity index (χ2n) is 4.20. The van der Waals surface area contributed by atoms with Crippen LogP contribution in [0.5, 0.6) is 0 Å². The smallest absolute Gasteiger partial charge is 0.226 e.